The highest BCUT2D eigenvalue weighted by molar-refractivity contribution is 6.31. The van der Waals surface area contributed by atoms with Crippen molar-refractivity contribution in [2.75, 3.05) is 6.61 Å². The number of rotatable bonds is 5. The molecule has 11 heteroatoms. The Morgan fingerprint density at radius 1 is 1.21 bits per heavy atom. The minimum absolute atomic E-state index is 0.0776. The van der Waals surface area contributed by atoms with Crippen LogP contribution in [0.4, 0.5) is 11.4 Å². The van der Waals surface area contributed by atoms with Crippen molar-refractivity contribution in [3.8, 4) is 22.7 Å². The van der Waals surface area contributed by atoms with Gasteiger partial charge in [-0.1, -0.05) is 11.6 Å². The van der Waals surface area contributed by atoms with Crippen molar-refractivity contribution < 1.29 is 19.3 Å². The van der Waals surface area contributed by atoms with Crippen LogP contribution in [0, 0.1) is 20.2 Å². The number of fused-ring (bicyclic) bond motifs is 3. The molecule has 29 heavy (non-hydrogen) atoms. The summed E-state index contributed by atoms with van der Waals surface area (Å²) in [4.78, 5) is 21.1. The van der Waals surface area contributed by atoms with Crippen molar-refractivity contribution in [2.24, 2.45) is 0 Å². The van der Waals surface area contributed by atoms with Gasteiger partial charge in [-0.2, -0.15) is 5.10 Å². The highest BCUT2D eigenvalue weighted by Crippen LogP contribution is 2.44. The number of nitro groups is 2. The molecular formula is C18H13ClN4O6. The third-order valence-corrected chi connectivity index (χ3v) is 4.59. The molecule has 2 aromatic carbocycles. The number of nitro benzene ring substituents is 2. The second-order valence-electron chi connectivity index (χ2n) is 6.11. The van der Waals surface area contributed by atoms with Crippen molar-refractivity contribution >= 4 is 23.0 Å². The first-order valence-electron chi connectivity index (χ1n) is 8.50. The van der Waals surface area contributed by atoms with Gasteiger partial charge in [-0.15, -0.1) is 0 Å². The van der Waals surface area contributed by atoms with E-state index in [1.54, 1.807) is 24.4 Å². The van der Waals surface area contributed by atoms with E-state index in [2.05, 4.69) is 5.10 Å². The van der Waals surface area contributed by atoms with Crippen LogP contribution in [-0.4, -0.2) is 26.2 Å². The van der Waals surface area contributed by atoms with Crippen molar-refractivity contribution in [1.29, 1.82) is 0 Å². The van der Waals surface area contributed by atoms with Crippen LogP contribution in [-0.2, 0) is 4.74 Å². The van der Waals surface area contributed by atoms with Gasteiger partial charge in [0, 0.05) is 29.5 Å². The van der Waals surface area contributed by atoms with Crippen molar-refractivity contribution in [3.63, 3.8) is 0 Å². The van der Waals surface area contributed by atoms with E-state index in [9.17, 15) is 20.2 Å². The van der Waals surface area contributed by atoms with Gasteiger partial charge in [-0.05, 0) is 31.2 Å². The van der Waals surface area contributed by atoms with E-state index in [0.29, 0.717) is 34.2 Å². The first-order valence-corrected chi connectivity index (χ1v) is 8.87. The standard InChI is InChI=1S/C18H13ClN4O6/c1-2-28-18-13-9-21(14-5-4-11(22(24)25)8-15(14)23(26)27)20-17(13)12-7-10(19)3-6-16(12)29-18/h3-9,18H,2H2,1H3. The van der Waals surface area contributed by atoms with Crippen molar-refractivity contribution in [3.05, 3.63) is 73.4 Å². The van der Waals surface area contributed by atoms with Crippen molar-refractivity contribution in [2.45, 2.75) is 13.2 Å². The fourth-order valence-corrected chi connectivity index (χ4v) is 3.27. The predicted molar refractivity (Wildman–Crippen MR) is 102 cm³/mol. The topological polar surface area (TPSA) is 123 Å². The molecule has 0 N–H and O–H groups in total. The number of hydrogen-bond acceptors (Lipinski definition) is 7. The maximum atomic E-state index is 11.5. The molecule has 0 fully saturated rings. The van der Waals surface area contributed by atoms with E-state index in [1.807, 2.05) is 6.92 Å². The summed E-state index contributed by atoms with van der Waals surface area (Å²) in [5.41, 5.74) is 0.930. The van der Waals surface area contributed by atoms with Gasteiger partial charge >= 0.3 is 5.69 Å². The Kier molecular flexibility index (Phi) is 4.65. The third kappa shape index (κ3) is 3.28. The third-order valence-electron chi connectivity index (χ3n) is 4.36. The molecular weight excluding hydrogens is 404 g/mol. The van der Waals surface area contributed by atoms with Crippen LogP contribution in [0.25, 0.3) is 16.9 Å². The van der Waals surface area contributed by atoms with E-state index in [1.165, 1.54) is 16.8 Å². The van der Waals surface area contributed by atoms with Gasteiger partial charge in [0.15, 0.2) is 0 Å². The van der Waals surface area contributed by atoms with Crippen LogP contribution >= 0.6 is 11.6 Å². The summed E-state index contributed by atoms with van der Waals surface area (Å²) in [6.07, 6.45) is 0.794. The first kappa shape index (κ1) is 18.8. The first-order chi connectivity index (χ1) is 13.9. The second kappa shape index (κ2) is 7.15. The molecule has 0 spiro atoms. The summed E-state index contributed by atoms with van der Waals surface area (Å²) in [5.74, 6) is 0.517. The van der Waals surface area contributed by atoms with Crippen LogP contribution in [0.1, 0.15) is 18.8 Å². The smallest absolute Gasteiger partial charge is 0.301 e. The zero-order valence-corrected chi connectivity index (χ0v) is 15.7. The Balaban J connectivity index is 1.90. The predicted octanol–water partition coefficient (Wildman–Crippen LogP) is 4.44. The summed E-state index contributed by atoms with van der Waals surface area (Å²) in [6.45, 7) is 2.18. The van der Waals surface area contributed by atoms with Crippen LogP contribution in [0.5, 0.6) is 5.75 Å². The van der Waals surface area contributed by atoms with Crippen LogP contribution in [0.2, 0.25) is 5.02 Å². The number of nitrogens with zero attached hydrogens (tertiary/aromatic N) is 4. The molecule has 0 amide bonds. The zero-order valence-electron chi connectivity index (χ0n) is 14.9. The quantitative estimate of drug-likeness (QED) is 0.445. The maximum Gasteiger partial charge on any atom is 0.301 e. The number of ether oxygens (including phenoxy) is 2. The molecule has 1 aliphatic rings. The van der Waals surface area contributed by atoms with Gasteiger partial charge in [-0.25, -0.2) is 4.68 Å². The van der Waals surface area contributed by atoms with Gasteiger partial charge in [0.25, 0.3) is 5.69 Å². The van der Waals surface area contributed by atoms with Gasteiger partial charge < -0.3 is 9.47 Å². The van der Waals surface area contributed by atoms with E-state index in [-0.39, 0.29) is 11.4 Å². The number of hydrogen-bond donors (Lipinski definition) is 0. The molecule has 10 nitrogen and oxygen atoms in total. The molecule has 1 aromatic heterocycles. The van der Waals surface area contributed by atoms with Crippen molar-refractivity contribution in [1.82, 2.24) is 9.78 Å². The average Bonchev–Trinajstić information content (AvgIpc) is 3.14. The van der Waals surface area contributed by atoms with Crippen LogP contribution in [0.3, 0.4) is 0 Å². The van der Waals surface area contributed by atoms with Crippen LogP contribution in [0.15, 0.2) is 42.6 Å². The Hall–Kier alpha value is -3.50. The SMILES string of the molecule is CCOC1Oc2ccc(Cl)cc2-c2nn(-c3ccc([N+](=O)[O-])cc3[N+](=O)[O-])cc21. The minimum Gasteiger partial charge on any atom is -0.460 e. The van der Waals surface area contributed by atoms with E-state index >= 15 is 0 Å². The highest BCUT2D eigenvalue weighted by Gasteiger charge is 2.31. The summed E-state index contributed by atoms with van der Waals surface area (Å²) >= 11 is 6.10. The lowest BCUT2D eigenvalue weighted by Crippen LogP contribution is -2.16. The summed E-state index contributed by atoms with van der Waals surface area (Å²) in [6, 6.07) is 8.41. The molecule has 3 aromatic rings. The van der Waals surface area contributed by atoms with Gasteiger partial charge in [0.2, 0.25) is 6.29 Å². The normalized spacial score (nSPS) is 14.6. The van der Waals surface area contributed by atoms with E-state index in [4.69, 9.17) is 21.1 Å². The number of benzene rings is 2. The summed E-state index contributed by atoms with van der Waals surface area (Å²) in [7, 11) is 0. The lowest BCUT2D eigenvalue weighted by atomic mass is 10.0. The Morgan fingerprint density at radius 3 is 2.69 bits per heavy atom. The monoisotopic (exact) mass is 416 g/mol. The molecule has 1 aliphatic heterocycles. The highest BCUT2D eigenvalue weighted by atomic mass is 35.5. The van der Waals surface area contributed by atoms with E-state index < -0.39 is 21.8 Å². The number of halogens is 1. The van der Waals surface area contributed by atoms with Crippen LogP contribution < -0.4 is 4.74 Å². The molecule has 148 valence electrons. The molecule has 0 radical (unpaired) electrons. The molecule has 0 bridgehead atoms. The molecule has 4 rings (SSSR count). The zero-order chi connectivity index (χ0) is 20.7. The number of aromatic nitrogens is 2. The Labute approximate surface area is 168 Å². The molecule has 0 saturated heterocycles. The molecule has 1 atom stereocenters. The number of non-ortho nitro benzene ring substituents is 1. The van der Waals surface area contributed by atoms with Gasteiger partial charge in [0.05, 0.1) is 21.5 Å². The largest absolute Gasteiger partial charge is 0.460 e. The Bertz CT molecular complexity index is 1150. The lowest BCUT2D eigenvalue weighted by molar-refractivity contribution is -0.394. The van der Waals surface area contributed by atoms with Gasteiger partial charge in [0.1, 0.15) is 17.1 Å². The molecule has 0 aliphatic carbocycles. The summed E-state index contributed by atoms with van der Waals surface area (Å²) in [5, 5.41) is 27.4. The van der Waals surface area contributed by atoms with Gasteiger partial charge in [-0.3, -0.25) is 20.2 Å². The van der Waals surface area contributed by atoms with E-state index in [0.717, 1.165) is 6.07 Å². The lowest BCUT2D eigenvalue weighted by Gasteiger charge is -2.25. The second-order valence-corrected chi connectivity index (χ2v) is 6.55. The fraction of sp³-hybridized carbons (Fsp3) is 0.167. The fourth-order valence-electron chi connectivity index (χ4n) is 3.10. The molecule has 2 heterocycles. The molecule has 1 unspecified atom stereocenters. The average molecular weight is 417 g/mol. The molecule has 0 saturated carbocycles. The minimum atomic E-state index is -0.755. The maximum absolute atomic E-state index is 11.5. The summed E-state index contributed by atoms with van der Waals surface area (Å²) < 4.78 is 12.8. The Morgan fingerprint density at radius 2 is 2.00 bits per heavy atom.